The largest absolute Gasteiger partial charge is 0.335 e. The summed E-state index contributed by atoms with van der Waals surface area (Å²) in [5, 5.41) is 7.15. The maximum atomic E-state index is 12.7. The van der Waals surface area contributed by atoms with Crippen LogP contribution >= 0.6 is 0 Å². The monoisotopic (exact) mass is 369 g/mol. The summed E-state index contributed by atoms with van der Waals surface area (Å²) in [4.78, 5) is 29.1. The molecule has 1 fully saturated rings. The van der Waals surface area contributed by atoms with Crippen LogP contribution < -0.4 is 5.32 Å². The predicted molar refractivity (Wildman–Crippen MR) is 105 cm³/mol. The number of carbonyl (C=O) groups excluding carboxylic acids is 2. The molecule has 3 rings (SSSR count). The van der Waals surface area contributed by atoms with E-state index in [-0.39, 0.29) is 11.8 Å². The molecular weight excluding hydrogens is 342 g/mol. The molecular formula is C20H27N5O2. The zero-order valence-corrected chi connectivity index (χ0v) is 16.0. The molecule has 2 aromatic rings. The van der Waals surface area contributed by atoms with Gasteiger partial charge in [0.15, 0.2) is 5.69 Å². The molecule has 7 nitrogen and oxygen atoms in total. The van der Waals surface area contributed by atoms with E-state index in [1.165, 1.54) is 0 Å². The number of amides is 2. The quantitative estimate of drug-likeness (QED) is 0.842. The topological polar surface area (TPSA) is 70.5 Å². The number of benzene rings is 1. The molecule has 1 saturated heterocycles. The van der Waals surface area contributed by atoms with Crippen molar-refractivity contribution in [1.29, 1.82) is 0 Å². The molecule has 7 heteroatoms. The van der Waals surface area contributed by atoms with E-state index in [0.29, 0.717) is 37.4 Å². The second-order valence-electron chi connectivity index (χ2n) is 6.80. The van der Waals surface area contributed by atoms with E-state index in [2.05, 4.69) is 22.2 Å². The molecule has 2 amide bonds. The van der Waals surface area contributed by atoms with Crippen LogP contribution in [-0.4, -0.2) is 64.1 Å². The Kier molecular flexibility index (Phi) is 6.24. The third-order valence-electron chi connectivity index (χ3n) is 4.96. The van der Waals surface area contributed by atoms with E-state index in [4.69, 9.17) is 0 Å². The molecule has 0 unspecified atom stereocenters. The maximum absolute atomic E-state index is 12.7. The molecule has 0 aliphatic carbocycles. The van der Waals surface area contributed by atoms with Crippen molar-refractivity contribution in [2.45, 2.75) is 19.8 Å². The molecule has 1 aliphatic heterocycles. The Hall–Kier alpha value is -2.67. The van der Waals surface area contributed by atoms with Gasteiger partial charge in [0.05, 0.1) is 0 Å². The standard InChI is InChI=1S/C20H27N5O2/c1-3-24-11-13-25(14-12-24)20(27)17-15-18(23(2)22-17)21-19(26)10-9-16-7-5-4-6-8-16/h4-8,15H,3,9-14H2,1-2H3,(H,21,26). The minimum atomic E-state index is -0.0857. The van der Waals surface area contributed by atoms with Crippen LogP contribution in [0.3, 0.4) is 0 Å². The zero-order chi connectivity index (χ0) is 19.2. The summed E-state index contributed by atoms with van der Waals surface area (Å²) < 4.78 is 1.55. The molecule has 0 bridgehead atoms. The van der Waals surface area contributed by atoms with Crippen LogP contribution in [0.2, 0.25) is 0 Å². The average Bonchev–Trinajstić information content (AvgIpc) is 3.07. The summed E-state index contributed by atoms with van der Waals surface area (Å²) in [7, 11) is 1.73. The van der Waals surface area contributed by atoms with Crippen molar-refractivity contribution in [3.05, 3.63) is 47.7 Å². The highest BCUT2D eigenvalue weighted by Crippen LogP contribution is 2.14. The third-order valence-corrected chi connectivity index (χ3v) is 4.96. The van der Waals surface area contributed by atoms with E-state index < -0.39 is 0 Å². The average molecular weight is 369 g/mol. The van der Waals surface area contributed by atoms with Gasteiger partial charge in [-0.25, -0.2) is 0 Å². The first kappa shape index (κ1) is 19.1. The molecule has 1 aromatic carbocycles. The van der Waals surface area contributed by atoms with Crippen molar-refractivity contribution in [2.24, 2.45) is 7.05 Å². The lowest BCUT2D eigenvalue weighted by Crippen LogP contribution is -2.48. The summed E-state index contributed by atoms with van der Waals surface area (Å²) in [6.07, 6.45) is 1.06. The van der Waals surface area contributed by atoms with E-state index >= 15 is 0 Å². The van der Waals surface area contributed by atoms with Gasteiger partial charge < -0.3 is 15.1 Å². The number of nitrogens with one attached hydrogen (secondary N) is 1. The Balaban J connectivity index is 1.56. The molecule has 144 valence electrons. The van der Waals surface area contributed by atoms with Gasteiger partial charge >= 0.3 is 0 Å². The van der Waals surface area contributed by atoms with Gasteiger partial charge in [0.1, 0.15) is 5.82 Å². The molecule has 1 aromatic heterocycles. The van der Waals surface area contributed by atoms with Crippen molar-refractivity contribution in [1.82, 2.24) is 19.6 Å². The van der Waals surface area contributed by atoms with E-state index in [9.17, 15) is 9.59 Å². The Morgan fingerprint density at radius 1 is 1.11 bits per heavy atom. The number of hydrogen-bond donors (Lipinski definition) is 1. The number of piperazine rings is 1. The van der Waals surface area contributed by atoms with Gasteiger partial charge in [-0.15, -0.1) is 0 Å². The number of likely N-dealkylation sites (N-methyl/N-ethyl adjacent to an activating group) is 1. The lowest BCUT2D eigenvalue weighted by atomic mass is 10.1. The number of nitrogens with zero attached hydrogens (tertiary/aromatic N) is 4. The van der Waals surface area contributed by atoms with E-state index in [1.54, 1.807) is 17.8 Å². The fraction of sp³-hybridized carbons (Fsp3) is 0.450. The van der Waals surface area contributed by atoms with Gasteiger partial charge in [-0.05, 0) is 18.5 Å². The number of anilines is 1. The number of rotatable bonds is 6. The smallest absolute Gasteiger partial charge is 0.274 e. The minimum Gasteiger partial charge on any atom is -0.335 e. The molecule has 0 spiro atoms. The SMILES string of the molecule is CCN1CCN(C(=O)c2cc(NC(=O)CCc3ccccc3)n(C)n2)CC1. The molecule has 0 saturated carbocycles. The van der Waals surface area contributed by atoms with Crippen LogP contribution in [0.5, 0.6) is 0 Å². The van der Waals surface area contributed by atoms with Crippen LogP contribution in [-0.2, 0) is 18.3 Å². The Labute approximate surface area is 159 Å². The number of carbonyl (C=O) groups is 2. The predicted octanol–water partition coefficient (Wildman–Crippen LogP) is 1.77. The van der Waals surface area contributed by atoms with Crippen LogP contribution in [0.4, 0.5) is 5.82 Å². The highest BCUT2D eigenvalue weighted by atomic mass is 16.2. The highest BCUT2D eigenvalue weighted by molar-refractivity contribution is 5.95. The number of aryl methyl sites for hydroxylation is 2. The molecule has 1 N–H and O–H groups in total. The van der Waals surface area contributed by atoms with E-state index in [1.807, 2.05) is 35.2 Å². The molecule has 2 heterocycles. The summed E-state index contributed by atoms with van der Waals surface area (Å²) in [6.45, 7) is 6.33. The van der Waals surface area contributed by atoms with Crippen molar-refractivity contribution in [3.8, 4) is 0 Å². The maximum Gasteiger partial charge on any atom is 0.274 e. The summed E-state index contributed by atoms with van der Waals surface area (Å²) >= 11 is 0. The van der Waals surface area contributed by atoms with Gasteiger partial charge in [-0.2, -0.15) is 5.10 Å². The van der Waals surface area contributed by atoms with Gasteiger partial charge in [0, 0.05) is 45.7 Å². The summed E-state index contributed by atoms with van der Waals surface area (Å²) in [5.74, 6) is 0.382. The minimum absolute atomic E-state index is 0.0777. The van der Waals surface area contributed by atoms with Crippen molar-refractivity contribution < 1.29 is 9.59 Å². The lowest BCUT2D eigenvalue weighted by molar-refractivity contribution is -0.116. The second-order valence-corrected chi connectivity index (χ2v) is 6.80. The Morgan fingerprint density at radius 3 is 2.48 bits per heavy atom. The molecule has 1 aliphatic rings. The number of hydrogen-bond acceptors (Lipinski definition) is 4. The van der Waals surface area contributed by atoms with Crippen LogP contribution in [0.25, 0.3) is 0 Å². The summed E-state index contributed by atoms with van der Waals surface area (Å²) in [6, 6.07) is 11.6. The Bertz CT molecular complexity index is 779. The lowest BCUT2D eigenvalue weighted by Gasteiger charge is -2.33. The highest BCUT2D eigenvalue weighted by Gasteiger charge is 2.24. The first-order valence-corrected chi connectivity index (χ1v) is 9.46. The molecule has 0 radical (unpaired) electrons. The van der Waals surface area contributed by atoms with Gasteiger partial charge in [0.2, 0.25) is 5.91 Å². The Morgan fingerprint density at radius 2 is 1.81 bits per heavy atom. The van der Waals surface area contributed by atoms with Crippen LogP contribution in [0.1, 0.15) is 29.4 Å². The van der Waals surface area contributed by atoms with Crippen LogP contribution in [0.15, 0.2) is 36.4 Å². The van der Waals surface area contributed by atoms with Gasteiger partial charge in [-0.1, -0.05) is 37.3 Å². The normalized spacial score (nSPS) is 15.0. The number of aromatic nitrogens is 2. The van der Waals surface area contributed by atoms with Gasteiger partial charge in [0.25, 0.3) is 5.91 Å². The zero-order valence-electron chi connectivity index (χ0n) is 16.0. The van der Waals surface area contributed by atoms with Crippen molar-refractivity contribution in [3.63, 3.8) is 0 Å². The fourth-order valence-corrected chi connectivity index (χ4v) is 3.23. The molecule has 0 atom stereocenters. The first-order chi connectivity index (χ1) is 13.1. The first-order valence-electron chi connectivity index (χ1n) is 9.46. The molecule has 27 heavy (non-hydrogen) atoms. The van der Waals surface area contributed by atoms with Gasteiger partial charge in [-0.3, -0.25) is 14.3 Å². The second kappa shape index (κ2) is 8.81. The van der Waals surface area contributed by atoms with E-state index in [0.717, 1.165) is 25.2 Å². The third kappa shape index (κ3) is 4.95. The fourth-order valence-electron chi connectivity index (χ4n) is 3.23. The van der Waals surface area contributed by atoms with Crippen molar-refractivity contribution >= 4 is 17.6 Å². The van der Waals surface area contributed by atoms with Crippen molar-refractivity contribution in [2.75, 3.05) is 38.0 Å². The van der Waals surface area contributed by atoms with Crippen LogP contribution in [0, 0.1) is 0 Å². The summed E-state index contributed by atoms with van der Waals surface area (Å²) in [5.41, 5.74) is 1.50.